The number of ether oxygens (including phenoxy) is 1. The van der Waals surface area contributed by atoms with Gasteiger partial charge in [0.25, 0.3) is 5.91 Å². The van der Waals surface area contributed by atoms with E-state index >= 15 is 0 Å². The lowest BCUT2D eigenvalue weighted by atomic mass is 10.1. The molecule has 1 N–H and O–H groups in total. The maximum absolute atomic E-state index is 11.7. The Labute approximate surface area is 127 Å². The molecule has 2 aromatic rings. The van der Waals surface area contributed by atoms with Crippen LogP contribution in [0, 0.1) is 0 Å². The summed E-state index contributed by atoms with van der Waals surface area (Å²) in [5.74, 6) is -0.0519. The molecule has 3 heterocycles. The number of aromatic nitrogens is 3. The molecule has 0 spiro atoms. The normalized spacial score (nSPS) is 17.5. The number of hydrogen-bond donors (Lipinski definition) is 1. The van der Waals surface area contributed by atoms with Crippen molar-refractivity contribution in [3.8, 4) is 17.0 Å². The lowest BCUT2D eigenvalue weighted by Gasteiger charge is -2.05. The second-order valence-corrected chi connectivity index (χ2v) is 5.63. The molecule has 1 atom stereocenters. The summed E-state index contributed by atoms with van der Waals surface area (Å²) in [6, 6.07) is 3.38. The first-order valence-corrected chi connectivity index (χ1v) is 7.31. The molecule has 0 saturated heterocycles. The van der Waals surface area contributed by atoms with Crippen molar-refractivity contribution < 1.29 is 13.7 Å². The van der Waals surface area contributed by atoms with Gasteiger partial charge in [-0.25, -0.2) is 13.9 Å². The van der Waals surface area contributed by atoms with Gasteiger partial charge >= 0.3 is 0 Å². The van der Waals surface area contributed by atoms with Crippen molar-refractivity contribution in [2.75, 3.05) is 7.11 Å². The van der Waals surface area contributed by atoms with E-state index in [0.717, 1.165) is 0 Å². The summed E-state index contributed by atoms with van der Waals surface area (Å²) in [4.78, 5) is 15.3. The van der Waals surface area contributed by atoms with Gasteiger partial charge in [0.2, 0.25) is 5.88 Å². The van der Waals surface area contributed by atoms with Gasteiger partial charge in [-0.15, -0.1) is 0 Å². The Morgan fingerprint density at radius 1 is 1.43 bits per heavy atom. The Morgan fingerprint density at radius 2 is 2.24 bits per heavy atom. The maximum Gasteiger partial charge on any atom is 0.258 e. The van der Waals surface area contributed by atoms with E-state index in [4.69, 9.17) is 16.3 Å². The van der Waals surface area contributed by atoms with E-state index in [1.807, 2.05) is 0 Å². The molecule has 0 radical (unpaired) electrons. The molecular formula is C12H9ClN4O3S. The third-order valence-corrected chi connectivity index (χ3v) is 4.06. The second kappa shape index (κ2) is 5.30. The third-order valence-electron chi connectivity index (χ3n) is 2.78. The molecule has 0 aliphatic carbocycles. The van der Waals surface area contributed by atoms with E-state index in [0.29, 0.717) is 22.2 Å². The van der Waals surface area contributed by atoms with Crippen LogP contribution in [-0.4, -0.2) is 32.0 Å². The molecule has 21 heavy (non-hydrogen) atoms. The summed E-state index contributed by atoms with van der Waals surface area (Å²) < 4.78 is 20.5. The van der Waals surface area contributed by atoms with E-state index < -0.39 is 16.9 Å². The number of nitrogens with zero attached hydrogens (tertiary/aromatic N) is 3. The van der Waals surface area contributed by atoms with Crippen molar-refractivity contribution >= 4 is 33.5 Å². The fourth-order valence-electron chi connectivity index (χ4n) is 1.87. The first kappa shape index (κ1) is 13.8. The molecule has 108 valence electrons. The number of carbonyl (C=O) groups excluding carboxylic acids is 1. The lowest BCUT2D eigenvalue weighted by molar-refractivity contribution is -0.114. The van der Waals surface area contributed by atoms with Gasteiger partial charge in [0.15, 0.2) is 16.0 Å². The highest BCUT2D eigenvalue weighted by Gasteiger charge is 2.22. The molecule has 1 aliphatic heterocycles. The van der Waals surface area contributed by atoms with Gasteiger partial charge in [-0.05, 0) is 12.1 Å². The van der Waals surface area contributed by atoms with E-state index in [9.17, 15) is 9.00 Å². The Kier molecular flexibility index (Phi) is 3.48. The van der Waals surface area contributed by atoms with Crippen molar-refractivity contribution in [2.45, 2.75) is 0 Å². The Hall–Kier alpha value is -2.19. The van der Waals surface area contributed by atoms with E-state index in [1.165, 1.54) is 17.9 Å². The molecule has 1 aliphatic rings. The number of rotatable bonds is 3. The van der Waals surface area contributed by atoms with Crippen LogP contribution in [0.5, 0.6) is 5.88 Å². The van der Waals surface area contributed by atoms with Crippen LogP contribution in [0.4, 0.5) is 0 Å². The van der Waals surface area contributed by atoms with Crippen molar-refractivity contribution in [3.63, 3.8) is 0 Å². The minimum Gasteiger partial charge on any atom is -0.481 e. The fourth-order valence-corrected chi connectivity index (χ4v) is 2.84. The maximum atomic E-state index is 11.7. The van der Waals surface area contributed by atoms with E-state index in [-0.39, 0.29) is 5.03 Å². The number of halogens is 1. The molecular weight excluding hydrogens is 316 g/mol. The summed E-state index contributed by atoms with van der Waals surface area (Å²) in [7, 11) is -0.112. The first-order valence-electron chi connectivity index (χ1n) is 5.78. The van der Waals surface area contributed by atoms with Crippen LogP contribution in [0.2, 0.25) is 5.15 Å². The predicted octanol–water partition coefficient (Wildman–Crippen LogP) is 1.20. The van der Waals surface area contributed by atoms with Gasteiger partial charge in [0, 0.05) is 23.4 Å². The number of nitrogens with one attached hydrogen (secondary N) is 1. The largest absolute Gasteiger partial charge is 0.481 e. The van der Waals surface area contributed by atoms with Gasteiger partial charge in [0.1, 0.15) is 5.15 Å². The van der Waals surface area contributed by atoms with Crippen molar-refractivity contribution in [2.24, 2.45) is 0 Å². The minimum absolute atomic E-state index is 0.270. The average molecular weight is 325 g/mol. The fraction of sp³-hybridized carbons (Fsp3) is 0.0833. The summed E-state index contributed by atoms with van der Waals surface area (Å²) in [6.07, 6.45) is 4.44. The van der Waals surface area contributed by atoms with Crippen LogP contribution in [0.25, 0.3) is 16.2 Å². The summed E-state index contributed by atoms with van der Waals surface area (Å²) in [5.41, 5.74) is 1.39. The van der Waals surface area contributed by atoms with Crippen LogP contribution in [0.1, 0.15) is 0 Å². The predicted molar refractivity (Wildman–Crippen MR) is 77.6 cm³/mol. The SMILES string of the molecule is COc1nc(Cl)ccc1-c1cnn(C2=CC(=O)NS2=O)c1. The number of carbonyl (C=O) groups is 1. The highest BCUT2D eigenvalue weighted by Crippen LogP contribution is 2.30. The van der Waals surface area contributed by atoms with Crippen LogP contribution in [0.3, 0.4) is 0 Å². The summed E-state index contributed by atoms with van der Waals surface area (Å²) >= 11 is 5.82. The zero-order valence-corrected chi connectivity index (χ0v) is 12.3. The van der Waals surface area contributed by atoms with E-state index in [2.05, 4.69) is 14.8 Å². The molecule has 1 unspecified atom stereocenters. The smallest absolute Gasteiger partial charge is 0.258 e. The molecule has 9 heteroatoms. The number of amides is 1. The number of pyridine rings is 1. The zero-order chi connectivity index (χ0) is 15.0. The van der Waals surface area contributed by atoms with Gasteiger partial charge in [-0.2, -0.15) is 5.10 Å². The molecule has 1 amide bonds. The second-order valence-electron chi connectivity index (χ2n) is 4.08. The Bertz CT molecular complexity index is 787. The number of methoxy groups -OCH3 is 1. The van der Waals surface area contributed by atoms with Crippen molar-refractivity contribution in [1.29, 1.82) is 0 Å². The highest BCUT2D eigenvalue weighted by molar-refractivity contribution is 7.93. The lowest BCUT2D eigenvalue weighted by Crippen LogP contribution is -2.17. The Balaban J connectivity index is 2.01. The molecule has 7 nitrogen and oxygen atoms in total. The van der Waals surface area contributed by atoms with E-state index in [1.54, 1.807) is 24.5 Å². The van der Waals surface area contributed by atoms with Crippen LogP contribution < -0.4 is 9.46 Å². The summed E-state index contributed by atoms with van der Waals surface area (Å²) in [5, 5.41) is 4.69. The molecule has 0 aromatic carbocycles. The van der Waals surface area contributed by atoms with Gasteiger partial charge in [-0.1, -0.05) is 11.6 Å². The molecule has 0 saturated carbocycles. The molecule has 3 rings (SSSR count). The zero-order valence-electron chi connectivity index (χ0n) is 10.7. The molecule has 2 aromatic heterocycles. The highest BCUT2D eigenvalue weighted by atomic mass is 35.5. The van der Waals surface area contributed by atoms with Gasteiger partial charge < -0.3 is 4.74 Å². The quantitative estimate of drug-likeness (QED) is 0.857. The van der Waals surface area contributed by atoms with Gasteiger partial charge in [0.05, 0.1) is 13.3 Å². The summed E-state index contributed by atoms with van der Waals surface area (Å²) in [6.45, 7) is 0. The van der Waals surface area contributed by atoms with Gasteiger partial charge in [-0.3, -0.25) is 9.52 Å². The molecule has 0 fully saturated rings. The van der Waals surface area contributed by atoms with Crippen molar-refractivity contribution in [1.82, 2.24) is 19.5 Å². The average Bonchev–Trinajstić information content (AvgIpc) is 3.05. The first-order chi connectivity index (χ1) is 10.1. The minimum atomic E-state index is -1.60. The Morgan fingerprint density at radius 3 is 2.90 bits per heavy atom. The third kappa shape index (κ3) is 2.55. The van der Waals surface area contributed by atoms with Crippen LogP contribution >= 0.6 is 11.6 Å². The monoisotopic (exact) mass is 324 g/mol. The topological polar surface area (TPSA) is 86.1 Å². The van der Waals surface area contributed by atoms with Crippen LogP contribution in [-0.2, 0) is 15.8 Å². The van der Waals surface area contributed by atoms with Crippen LogP contribution in [0.15, 0.2) is 30.6 Å². The standard InChI is InChI=1S/C12H9ClN4O3S/c1-20-12-8(2-3-9(13)15-12)7-5-14-17(6-7)11-4-10(18)16-21(11)19/h2-6H,1H3,(H,16,18). The molecule has 0 bridgehead atoms. The van der Waals surface area contributed by atoms with Crippen molar-refractivity contribution in [3.05, 3.63) is 35.8 Å². The number of hydrogen-bond acceptors (Lipinski definition) is 5.